The molecule has 1 saturated carbocycles. The monoisotopic (exact) mass is 400 g/mol. The number of aromatic nitrogens is 2. The Morgan fingerprint density at radius 2 is 1.68 bits per heavy atom. The van der Waals surface area contributed by atoms with Crippen LogP contribution in [0.25, 0.3) is 38.6 Å². The number of hydrogen-bond donors (Lipinski definition) is 0. The molecule has 0 radical (unpaired) electrons. The van der Waals surface area contributed by atoms with Crippen LogP contribution in [0.15, 0.2) is 78.9 Å². The molecule has 7 rings (SSSR count). The lowest BCUT2D eigenvalue weighted by atomic mass is 9.71. The summed E-state index contributed by atoms with van der Waals surface area (Å²) >= 11 is 0. The van der Waals surface area contributed by atoms with Gasteiger partial charge >= 0.3 is 0 Å². The minimum Gasteiger partial charge on any atom is -0.295 e. The Hall–Kier alpha value is -3.39. The van der Waals surface area contributed by atoms with E-state index >= 15 is 0 Å². The van der Waals surface area contributed by atoms with Gasteiger partial charge < -0.3 is 0 Å². The van der Waals surface area contributed by atoms with Crippen LogP contribution in [0.4, 0.5) is 0 Å². The normalized spacial score (nSPS) is 20.1. The first-order valence-corrected chi connectivity index (χ1v) is 11.2. The lowest BCUT2D eigenvalue weighted by Gasteiger charge is -2.35. The number of allylic oxidation sites excluding steroid dienone is 1. The molecular formula is C29H24N2. The van der Waals surface area contributed by atoms with Crippen molar-refractivity contribution in [1.82, 2.24) is 9.38 Å². The maximum atomic E-state index is 5.31. The highest BCUT2D eigenvalue weighted by molar-refractivity contribution is 6.14. The van der Waals surface area contributed by atoms with Gasteiger partial charge in [-0.05, 0) is 42.7 Å². The molecular weight excluding hydrogens is 376 g/mol. The van der Waals surface area contributed by atoms with E-state index < -0.39 is 0 Å². The fourth-order valence-corrected chi connectivity index (χ4v) is 6.32. The molecule has 150 valence electrons. The van der Waals surface area contributed by atoms with Crippen LogP contribution in [-0.2, 0) is 11.8 Å². The van der Waals surface area contributed by atoms with Crippen molar-refractivity contribution < 1.29 is 0 Å². The van der Waals surface area contributed by atoms with E-state index in [-0.39, 0.29) is 5.41 Å². The Labute approximate surface area is 181 Å². The Morgan fingerprint density at radius 1 is 0.903 bits per heavy atom. The molecule has 3 heterocycles. The van der Waals surface area contributed by atoms with Crippen molar-refractivity contribution in [2.24, 2.45) is 0 Å². The average molecular weight is 401 g/mol. The smallest absolute Gasteiger partial charge is 0.146 e. The number of hydrogen-bond acceptors (Lipinski definition) is 1. The number of nitrogens with zero attached hydrogens (tertiary/aromatic N) is 2. The fourth-order valence-electron chi connectivity index (χ4n) is 6.32. The third kappa shape index (κ3) is 2.15. The summed E-state index contributed by atoms with van der Waals surface area (Å²) in [5, 5.41) is 3.94. The standard InChI is InChI=1S/C29H24N2/c1-18-14-15-29(16-18)17-24-26(20-8-4-3-5-9-20)30-28-22-11-7-6-10-21(22)25-19(2)12-13-23(29)27(25)31(24)28/h3-13H,1,14-17H2,2H3. The third-order valence-electron chi connectivity index (χ3n) is 7.69. The van der Waals surface area contributed by atoms with E-state index in [0.29, 0.717) is 0 Å². The molecule has 0 saturated heterocycles. The van der Waals surface area contributed by atoms with Crippen LogP contribution in [0.5, 0.6) is 0 Å². The third-order valence-corrected chi connectivity index (χ3v) is 7.69. The molecule has 2 aliphatic rings. The number of aryl methyl sites for hydroxylation is 1. The van der Waals surface area contributed by atoms with Gasteiger partial charge in [0, 0.05) is 28.2 Å². The molecule has 1 unspecified atom stereocenters. The van der Waals surface area contributed by atoms with E-state index in [0.717, 1.165) is 30.6 Å². The van der Waals surface area contributed by atoms with Gasteiger partial charge in [-0.25, -0.2) is 4.98 Å². The van der Waals surface area contributed by atoms with Crippen molar-refractivity contribution in [3.8, 4) is 11.3 Å². The summed E-state index contributed by atoms with van der Waals surface area (Å²) in [6, 6.07) is 24.2. The average Bonchev–Trinajstić information content (AvgIpc) is 3.36. The zero-order valence-corrected chi connectivity index (χ0v) is 17.8. The van der Waals surface area contributed by atoms with E-state index in [2.05, 4.69) is 84.6 Å². The highest BCUT2D eigenvalue weighted by Crippen LogP contribution is 2.53. The molecule has 2 aromatic heterocycles. The van der Waals surface area contributed by atoms with Crippen LogP contribution in [0.1, 0.15) is 36.1 Å². The second-order valence-electron chi connectivity index (χ2n) is 9.52. The second kappa shape index (κ2) is 5.85. The number of rotatable bonds is 1. The van der Waals surface area contributed by atoms with Crippen molar-refractivity contribution in [3.05, 3.63) is 95.7 Å². The summed E-state index contributed by atoms with van der Waals surface area (Å²) in [5.74, 6) is 0. The van der Waals surface area contributed by atoms with Crippen molar-refractivity contribution in [3.63, 3.8) is 0 Å². The molecule has 31 heavy (non-hydrogen) atoms. The maximum absolute atomic E-state index is 5.31. The summed E-state index contributed by atoms with van der Waals surface area (Å²) < 4.78 is 2.49. The first kappa shape index (κ1) is 17.3. The van der Waals surface area contributed by atoms with Crippen LogP contribution in [0.3, 0.4) is 0 Å². The van der Waals surface area contributed by atoms with Gasteiger partial charge in [0.05, 0.1) is 16.9 Å². The van der Waals surface area contributed by atoms with Crippen LogP contribution >= 0.6 is 0 Å². The van der Waals surface area contributed by atoms with Gasteiger partial charge in [0.1, 0.15) is 5.65 Å². The Morgan fingerprint density at radius 3 is 2.45 bits per heavy atom. The van der Waals surface area contributed by atoms with E-state index in [1.165, 1.54) is 56.1 Å². The molecule has 2 heteroatoms. The number of imidazole rings is 1. The zero-order chi connectivity index (χ0) is 20.7. The molecule has 1 fully saturated rings. The van der Waals surface area contributed by atoms with Crippen LogP contribution in [-0.4, -0.2) is 9.38 Å². The van der Waals surface area contributed by atoms with Gasteiger partial charge in [0.2, 0.25) is 0 Å². The Balaban J connectivity index is 1.75. The molecule has 3 aromatic carbocycles. The minimum absolute atomic E-state index is 0.137. The lowest BCUT2D eigenvalue weighted by molar-refractivity contribution is 0.433. The summed E-state index contributed by atoms with van der Waals surface area (Å²) in [6.45, 7) is 6.64. The molecule has 2 nitrogen and oxygen atoms in total. The second-order valence-corrected chi connectivity index (χ2v) is 9.52. The maximum Gasteiger partial charge on any atom is 0.146 e. The SMILES string of the molecule is C=C1CCC2(C1)Cc1c(-c3ccccc3)nc3c4ccccc4c4c(C)ccc2c4n13. The van der Waals surface area contributed by atoms with E-state index in [1.54, 1.807) is 0 Å². The van der Waals surface area contributed by atoms with Crippen molar-refractivity contribution in [2.45, 2.75) is 38.0 Å². The first-order valence-electron chi connectivity index (χ1n) is 11.2. The molecule has 5 aromatic rings. The summed E-state index contributed by atoms with van der Waals surface area (Å²) in [4.78, 5) is 5.31. The quantitative estimate of drug-likeness (QED) is 0.216. The van der Waals surface area contributed by atoms with Crippen LogP contribution in [0.2, 0.25) is 0 Å². The van der Waals surface area contributed by atoms with E-state index in [4.69, 9.17) is 4.98 Å². The fraction of sp³-hybridized carbons (Fsp3) is 0.207. The molecule has 0 amide bonds. The van der Waals surface area contributed by atoms with Gasteiger partial charge in [-0.3, -0.25) is 4.40 Å². The predicted octanol–water partition coefficient (Wildman–Crippen LogP) is 7.15. The van der Waals surface area contributed by atoms with Crippen molar-refractivity contribution in [1.29, 1.82) is 0 Å². The lowest BCUT2D eigenvalue weighted by Crippen LogP contribution is -2.30. The molecule has 1 spiro atoms. The summed E-state index contributed by atoms with van der Waals surface area (Å²) in [5.41, 5.74) is 10.5. The van der Waals surface area contributed by atoms with Crippen LogP contribution < -0.4 is 0 Å². The highest BCUT2D eigenvalue weighted by Gasteiger charge is 2.43. The number of pyridine rings is 1. The first-order chi connectivity index (χ1) is 15.2. The molecule has 0 N–H and O–H groups in total. The van der Waals surface area contributed by atoms with E-state index in [9.17, 15) is 0 Å². The van der Waals surface area contributed by atoms with Gasteiger partial charge in [0.15, 0.2) is 0 Å². The van der Waals surface area contributed by atoms with Crippen molar-refractivity contribution >= 4 is 27.3 Å². The summed E-state index contributed by atoms with van der Waals surface area (Å²) in [7, 11) is 0. The number of fused-ring (bicyclic) bond motifs is 4. The largest absolute Gasteiger partial charge is 0.295 e. The highest BCUT2D eigenvalue weighted by atomic mass is 15.0. The minimum atomic E-state index is 0.137. The van der Waals surface area contributed by atoms with Crippen molar-refractivity contribution in [2.75, 3.05) is 0 Å². The molecule has 1 atom stereocenters. The van der Waals surface area contributed by atoms with Gasteiger partial charge in [-0.2, -0.15) is 0 Å². The summed E-state index contributed by atoms with van der Waals surface area (Å²) in [6.07, 6.45) is 4.42. The molecule has 0 bridgehead atoms. The van der Waals surface area contributed by atoms with Gasteiger partial charge in [-0.1, -0.05) is 78.9 Å². The van der Waals surface area contributed by atoms with Crippen LogP contribution in [0, 0.1) is 6.92 Å². The zero-order valence-electron chi connectivity index (χ0n) is 17.8. The number of benzene rings is 3. The Kier molecular flexibility index (Phi) is 3.27. The molecule has 1 aliphatic heterocycles. The van der Waals surface area contributed by atoms with E-state index in [1.807, 2.05) is 0 Å². The Bertz CT molecular complexity index is 1550. The molecule has 1 aliphatic carbocycles. The van der Waals surface area contributed by atoms with Gasteiger partial charge in [-0.15, -0.1) is 0 Å². The van der Waals surface area contributed by atoms with Gasteiger partial charge in [0.25, 0.3) is 0 Å². The predicted molar refractivity (Wildman–Crippen MR) is 129 cm³/mol. The topological polar surface area (TPSA) is 17.3 Å².